The van der Waals surface area contributed by atoms with Crippen LogP contribution in [0.5, 0.6) is 0 Å². The maximum absolute atomic E-state index is 12.0. The van der Waals surface area contributed by atoms with Gasteiger partial charge in [-0.05, 0) is 42.2 Å². The highest BCUT2D eigenvalue weighted by Gasteiger charge is 2.13. The molecule has 0 aliphatic rings. The van der Waals surface area contributed by atoms with Crippen molar-refractivity contribution in [1.29, 1.82) is 5.26 Å². The minimum absolute atomic E-state index is 0.158. The van der Waals surface area contributed by atoms with E-state index in [1.54, 1.807) is 30.3 Å². The van der Waals surface area contributed by atoms with Gasteiger partial charge in [0.2, 0.25) is 0 Å². The minimum atomic E-state index is -0.827. The third kappa shape index (κ3) is 6.79. The number of rotatable bonds is 8. The highest BCUT2D eigenvalue weighted by Crippen LogP contribution is 2.12. The number of nitrogens with one attached hydrogen (secondary N) is 1. The summed E-state index contributed by atoms with van der Waals surface area (Å²) in [5.74, 6) is -1.28. The van der Waals surface area contributed by atoms with Gasteiger partial charge in [-0.1, -0.05) is 55.8 Å². The first-order valence-corrected chi connectivity index (χ1v) is 8.85. The minimum Gasteiger partial charge on any atom is -0.451 e. The summed E-state index contributed by atoms with van der Waals surface area (Å²) in [5.41, 5.74) is 2.40. The largest absolute Gasteiger partial charge is 0.451 e. The van der Waals surface area contributed by atoms with Crippen LogP contribution in [0.2, 0.25) is 0 Å². The van der Waals surface area contributed by atoms with Gasteiger partial charge < -0.3 is 10.1 Å². The third-order valence-corrected chi connectivity index (χ3v) is 3.84. The molecule has 1 N–H and O–H groups in total. The second kappa shape index (κ2) is 10.6. The molecule has 0 aliphatic carbocycles. The van der Waals surface area contributed by atoms with Crippen LogP contribution in [-0.2, 0) is 20.7 Å². The van der Waals surface area contributed by atoms with Gasteiger partial charge in [0.05, 0.1) is 0 Å². The van der Waals surface area contributed by atoms with Crippen molar-refractivity contribution in [3.8, 4) is 6.07 Å². The van der Waals surface area contributed by atoms with E-state index in [2.05, 4.69) is 12.2 Å². The van der Waals surface area contributed by atoms with Gasteiger partial charge >= 0.3 is 5.97 Å². The van der Waals surface area contributed by atoms with Gasteiger partial charge in [-0.25, -0.2) is 4.79 Å². The Kier molecular flexibility index (Phi) is 7.80. The summed E-state index contributed by atoms with van der Waals surface area (Å²) in [7, 11) is 0. The number of aryl methyl sites for hydroxylation is 1. The fourth-order valence-corrected chi connectivity index (χ4v) is 2.39. The van der Waals surface area contributed by atoms with Gasteiger partial charge in [0.15, 0.2) is 6.61 Å². The number of ether oxygens (including phenoxy) is 1. The number of anilines is 1. The Hall–Kier alpha value is -3.39. The molecule has 138 valence electrons. The van der Waals surface area contributed by atoms with Gasteiger partial charge in [-0.2, -0.15) is 5.26 Å². The summed E-state index contributed by atoms with van der Waals surface area (Å²) in [4.78, 5) is 23.9. The molecule has 2 aromatic carbocycles. The van der Waals surface area contributed by atoms with E-state index in [4.69, 9.17) is 10.00 Å². The average molecular weight is 362 g/mol. The summed E-state index contributed by atoms with van der Waals surface area (Å²) >= 11 is 0. The van der Waals surface area contributed by atoms with E-state index in [1.165, 1.54) is 11.6 Å². The summed E-state index contributed by atoms with van der Waals surface area (Å²) in [6, 6.07) is 18.3. The Morgan fingerprint density at radius 1 is 1.11 bits per heavy atom. The predicted octanol–water partition coefficient (Wildman–Crippen LogP) is 4.12. The molecule has 2 rings (SSSR count). The number of nitriles is 1. The molecule has 2 aromatic rings. The highest BCUT2D eigenvalue weighted by molar-refractivity contribution is 6.00. The van der Waals surface area contributed by atoms with E-state index < -0.39 is 18.5 Å². The zero-order valence-corrected chi connectivity index (χ0v) is 15.3. The first kappa shape index (κ1) is 19.9. The van der Waals surface area contributed by atoms with Crippen LogP contribution in [0.15, 0.2) is 60.2 Å². The van der Waals surface area contributed by atoms with Crippen molar-refractivity contribution >= 4 is 23.6 Å². The number of carbonyl (C=O) groups is 2. The zero-order chi connectivity index (χ0) is 19.5. The van der Waals surface area contributed by atoms with Crippen LogP contribution in [0.4, 0.5) is 5.69 Å². The van der Waals surface area contributed by atoms with Gasteiger partial charge in [-0.15, -0.1) is 0 Å². The van der Waals surface area contributed by atoms with E-state index in [1.807, 2.05) is 30.3 Å². The molecule has 0 aliphatic heterocycles. The number of benzene rings is 2. The van der Waals surface area contributed by atoms with Crippen LogP contribution in [0.3, 0.4) is 0 Å². The molecule has 0 unspecified atom stereocenters. The average Bonchev–Trinajstić information content (AvgIpc) is 2.70. The van der Waals surface area contributed by atoms with Crippen LogP contribution in [0.25, 0.3) is 6.08 Å². The molecule has 5 nitrogen and oxygen atoms in total. The lowest BCUT2D eigenvalue weighted by atomic mass is 10.1. The lowest BCUT2D eigenvalue weighted by molar-refractivity contribution is -0.142. The van der Waals surface area contributed by atoms with E-state index >= 15 is 0 Å². The topological polar surface area (TPSA) is 79.2 Å². The molecule has 0 saturated heterocycles. The smallest absolute Gasteiger partial charge is 0.349 e. The fourth-order valence-electron chi connectivity index (χ4n) is 2.39. The van der Waals surface area contributed by atoms with Crippen molar-refractivity contribution in [2.75, 3.05) is 11.9 Å². The van der Waals surface area contributed by atoms with Crippen LogP contribution in [0.1, 0.15) is 30.9 Å². The first-order chi connectivity index (χ1) is 13.1. The van der Waals surface area contributed by atoms with Crippen molar-refractivity contribution in [1.82, 2.24) is 0 Å². The van der Waals surface area contributed by atoms with Crippen LogP contribution in [0, 0.1) is 11.3 Å². The monoisotopic (exact) mass is 362 g/mol. The Labute approximate surface area is 159 Å². The van der Waals surface area contributed by atoms with Crippen molar-refractivity contribution in [2.45, 2.75) is 26.2 Å². The van der Waals surface area contributed by atoms with Crippen molar-refractivity contribution in [2.24, 2.45) is 0 Å². The fraction of sp³-hybridized carbons (Fsp3) is 0.227. The molecule has 27 heavy (non-hydrogen) atoms. The van der Waals surface area contributed by atoms with Crippen molar-refractivity contribution in [3.05, 3.63) is 71.3 Å². The lowest BCUT2D eigenvalue weighted by Crippen LogP contribution is -2.21. The highest BCUT2D eigenvalue weighted by atomic mass is 16.5. The van der Waals surface area contributed by atoms with Gasteiger partial charge in [0.1, 0.15) is 11.6 Å². The maximum Gasteiger partial charge on any atom is 0.349 e. The van der Waals surface area contributed by atoms with Crippen molar-refractivity contribution < 1.29 is 14.3 Å². The van der Waals surface area contributed by atoms with Gasteiger partial charge in [0, 0.05) is 5.69 Å². The number of hydrogen-bond donors (Lipinski definition) is 1. The van der Waals surface area contributed by atoms with Gasteiger partial charge in [0.25, 0.3) is 5.91 Å². The molecular formula is C22H22N2O3. The normalized spacial score (nSPS) is 10.7. The predicted molar refractivity (Wildman–Crippen MR) is 105 cm³/mol. The molecule has 1 amide bonds. The second-order valence-corrected chi connectivity index (χ2v) is 6.01. The third-order valence-electron chi connectivity index (χ3n) is 3.84. The summed E-state index contributed by atoms with van der Waals surface area (Å²) in [5, 5.41) is 11.8. The summed E-state index contributed by atoms with van der Waals surface area (Å²) in [6.45, 7) is 1.69. The lowest BCUT2D eigenvalue weighted by Gasteiger charge is -2.07. The molecule has 0 radical (unpaired) electrons. The zero-order valence-electron chi connectivity index (χ0n) is 15.3. The Morgan fingerprint density at radius 2 is 1.81 bits per heavy atom. The molecule has 0 bridgehead atoms. The number of amides is 1. The summed E-state index contributed by atoms with van der Waals surface area (Å²) in [6.07, 6.45) is 4.69. The number of hydrogen-bond acceptors (Lipinski definition) is 4. The quantitative estimate of drug-likeness (QED) is 0.435. The molecule has 0 aromatic heterocycles. The number of nitrogens with zero attached hydrogens (tertiary/aromatic N) is 1. The Balaban J connectivity index is 1.86. The number of unbranched alkanes of at least 4 members (excludes halogenated alkanes) is 1. The Bertz CT molecular complexity index is 834. The number of carbonyl (C=O) groups excluding carboxylic acids is 2. The van der Waals surface area contributed by atoms with E-state index in [0.29, 0.717) is 11.3 Å². The molecular weight excluding hydrogens is 340 g/mol. The molecule has 5 heteroatoms. The molecule has 0 heterocycles. The first-order valence-electron chi connectivity index (χ1n) is 8.85. The SMILES string of the molecule is CCCCc1ccc(NC(=O)COC(=O)/C(C#N)=C\c2ccccc2)cc1. The molecule has 0 fully saturated rings. The van der Waals surface area contributed by atoms with Crippen LogP contribution in [-0.4, -0.2) is 18.5 Å². The van der Waals surface area contributed by atoms with Crippen LogP contribution >= 0.6 is 0 Å². The van der Waals surface area contributed by atoms with E-state index in [0.717, 1.165) is 19.3 Å². The summed E-state index contributed by atoms with van der Waals surface area (Å²) < 4.78 is 4.94. The Morgan fingerprint density at radius 3 is 2.44 bits per heavy atom. The van der Waals surface area contributed by atoms with E-state index in [-0.39, 0.29) is 5.57 Å². The molecule has 0 spiro atoms. The molecule has 0 saturated carbocycles. The second-order valence-electron chi connectivity index (χ2n) is 6.01. The molecule has 0 atom stereocenters. The van der Waals surface area contributed by atoms with E-state index in [9.17, 15) is 9.59 Å². The van der Waals surface area contributed by atoms with Gasteiger partial charge in [-0.3, -0.25) is 4.79 Å². The van der Waals surface area contributed by atoms with Crippen LogP contribution < -0.4 is 5.32 Å². The van der Waals surface area contributed by atoms with Crippen molar-refractivity contribution in [3.63, 3.8) is 0 Å². The standard InChI is InChI=1S/C22H22N2O3/c1-2-3-7-17-10-12-20(13-11-17)24-21(25)16-27-22(26)19(15-23)14-18-8-5-4-6-9-18/h4-6,8-14H,2-3,7,16H2,1H3,(H,24,25)/b19-14-. The maximum atomic E-state index is 12.0. The number of esters is 1.